The van der Waals surface area contributed by atoms with Crippen LogP contribution in [0.1, 0.15) is 57.8 Å². The van der Waals surface area contributed by atoms with Crippen molar-refractivity contribution in [3.63, 3.8) is 0 Å². The maximum Gasteiger partial charge on any atom is 0.276 e. The van der Waals surface area contributed by atoms with Gasteiger partial charge in [-0.3, -0.25) is 19.0 Å². The predicted molar refractivity (Wildman–Crippen MR) is 153 cm³/mol. The lowest BCUT2D eigenvalue weighted by Crippen LogP contribution is -2.30. The molecule has 6 rings (SSSR count). The third-order valence-electron chi connectivity index (χ3n) is 6.78. The molecule has 0 fully saturated rings. The molecular formula is C31H29F2N5O2. The number of benzene rings is 2. The topological polar surface area (TPSA) is 79.1 Å². The van der Waals surface area contributed by atoms with E-state index in [1.54, 1.807) is 46.8 Å². The van der Waals surface area contributed by atoms with Gasteiger partial charge < -0.3 is 10.2 Å². The zero-order valence-electron chi connectivity index (χ0n) is 22.5. The highest BCUT2D eigenvalue weighted by molar-refractivity contribution is 6.08. The Hall–Kier alpha value is -4.66. The van der Waals surface area contributed by atoms with Gasteiger partial charge in [-0.15, -0.1) is 0 Å². The van der Waals surface area contributed by atoms with Gasteiger partial charge in [-0.25, -0.2) is 13.8 Å². The summed E-state index contributed by atoms with van der Waals surface area (Å²) < 4.78 is 29.4. The molecule has 0 unspecified atom stereocenters. The van der Waals surface area contributed by atoms with Gasteiger partial charge >= 0.3 is 0 Å². The maximum atomic E-state index is 13.8. The predicted octanol–water partition coefficient (Wildman–Crippen LogP) is 6.57. The molecule has 0 saturated heterocycles. The van der Waals surface area contributed by atoms with Crippen molar-refractivity contribution in [3.05, 3.63) is 107 Å². The van der Waals surface area contributed by atoms with E-state index in [0.717, 1.165) is 24.6 Å². The van der Waals surface area contributed by atoms with E-state index in [0.29, 0.717) is 41.2 Å². The van der Waals surface area contributed by atoms with E-state index < -0.39 is 11.8 Å². The first-order valence-corrected chi connectivity index (χ1v) is 13.0. The van der Waals surface area contributed by atoms with Crippen molar-refractivity contribution in [1.82, 2.24) is 9.38 Å². The fraction of sp³-hybridized carbons (Fsp3) is 0.226. The molecule has 2 aliphatic rings. The maximum absolute atomic E-state index is 13.8. The molecular weight excluding hydrogens is 512 g/mol. The molecule has 1 N–H and O–H groups in total. The smallest absolute Gasteiger partial charge is 0.276 e. The minimum Gasteiger partial charge on any atom is -0.322 e. The van der Waals surface area contributed by atoms with Crippen LogP contribution in [0.15, 0.2) is 83.8 Å². The van der Waals surface area contributed by atoms with Crippen molar-refractivity contribution >= 4 is 35.1 Å². The van der Waals surface area contributed by atoms with Crippen molar-refractivity contribution < 1.29 is 18.4 Å². The number of carbonyl (C=O) groups excluding carboxylic acids is 2. The van der Waals surface area contributed by atoms with E-state index in [4.69, 9.17) is 0 Å². The molecule has 0 bridgehead atoms. The first-order valence-electron chi connectivity index (χ1n) is 13.0. The molecule has 4 aromatic rings. The average Bonchev–Trinajstić information content (AvgIpc) is 3.67. The number of pyridine rings is 1. The number of fused-ring (bicyclic) bond motifs is 2. The number of rotatable bonds is 4. The van der Waals surface area contributed by atoms with Crippen LogP contribution in [-0.4, -0.2) is 34.0 Å². The summed E-state index contributed by atoms with van der Waals surface area (Å²) in [5.41, 5.74) is 4.97. The molecule has 0 saturated carbocycles. The van der Waals surface area contributed by atoms with Crippen LogP contribution < -0.4 is 10.2 Å². The minimum absolute atomic E-state index is 0.149. The highest BCUT2D eigenvalue weighted by atomic mass is 19.3. The van der Waals surface area contributed by atoms with Gasteiger partial charge in [0.1, 0.15) is 11.3 Å². The largest absolute Gasteiger partial charge is 0.322 e. The number of halogens is 2. The number of hydrogen-bond acceptors (Lipinski definition) is 4. The van der Waals surface area contributed by atoms with Gasteiger partial charge in [0.15, 0.2) is 0 Å². The van der Waals surface area contributed by atoms with Gasteiger partial charge in [-0.1, -0.05) is 24.3 Å². The van der Waals surface area contributed by atoms with Crippen LogP contribution >= 0.6 is 0 Å². The highest BCUT2D eigenvalue weighted by Crippen LogP contribution is 2.33. The van der Waals surface area contributed by atoms with Crippen LogP contribution in [0.25, 0.3) is 5.65 Å². The summed E-state index contributed by atoms with van der Waals surface area (Å²) in [4.78, 5) is 36.1. The summed E-state index contributed by atoms with van der Waals surface area (Å²) in [7, 11) is 0. The highest BCUT2D eigenvalue weighted by Gasteiger charge is 2.29. The minimum atomic E-state index is -3.05. The number of hydrogen-bond donors (Lipinski definition) is 1. The Bertz CT molecular complexity index is 1660. The fourth-order valence-corrected chi connectivity index (χ4v) is 4.74. The Morgan fingerprint density at radius 1 is 1.05 bits per heavy atom. The molecule has 204 valence electrons. The number of anilines is 2. The Kier molecular flexibility index (Phi) is 7.30. The molecule has 0 spiro atoms. The number of aryl methyl sites for hydroxylation is 1. The molecule has 0 radical (unpaired) electrons. The Morgan fingerprint density at radius 3 is 2.58 bits per heavy atom. The third kappa shape index (κ3) is 5.68. The molecule has 2 aromatic carbocycles. The van der Waals surface area contributed by atoms with Crippen LogP contribution in [0.3, 0.4) is 0 Å². The quantitative estimate of drug-likeness (QED) is 0.317. The molecule has 2 aliphatic heterocycles. The van der Waals surface area contributed by atoms with Gasteiger partial charge in [0.2, 0.25) is 0 Å². The molecule has 0 atom stereocenters. The van der Waals surface area contributed by atoms with E-state index in [1.165, 1.54) is 12.1 Å². The molecule has 4 heterocycles. The second kappa shape index (κ2) is 10.8. The van der Waals surface area contributed by atoms with Crippen molar-refractivity contribution in [3.8, 4) is 0 Å². The normalized spacial score (nSPS) is 14.0. The van der Waals surface area contributed by atoms with Crippen LogP contribution in [-0.2, 0) is 12.3 Å². The zero-order valence-corrected chi connectivity index (χ0v) is 22.5. The van der Waals surface area contributed by atoms with Crippen LogP contribution in [0.5, 0.6) is 0 Å². The monoisotopic (exact) mass is 541 g/mol. The standard InChI is InChI=1S/C26H22F2N4O2.C5H7N/c1-16-11-18(13-19(12-16)26(2,27)28)24(33)30-20-7-6-17-8-10-32(21(17)14-20)25(34)22-15-29-23-5-3-4-9-31(22)23;1-5-3-2-4-6-5/h3-7,9,11-15H,8,10H2,1-2H3,(H,30,33);3-4H,2H2,1H3. The lowest BCUT2D eigenvalue weighted by molar-refractivity contribution is 0.0174. The van der Waals surface area contributed by atoms with E-state index in [2.05, 4.69) is 21.4 Å². The van der Waals surface area contributed by atoms with E-state index in [1.807, 2.05) is 37.4 Å². The first-order chi connectivity index (χ1) is 19.1. The van der Waals surface area contributed by atoms with Gasteiger partial charge in [0.25, 0.3) is 17.7 Å². The Balaban J connectivity index is 0.000000477. The fourth-order valence-electron chi connectivity index (χ4n) is 4.74. The third-order valence-corrected chi connectivity index (χ3v) is 6.78. The average molecular weight is 542 g/mol. The summed E-state index contributed by atoms with van der Waals surface area (Å²) in [6, 6.07) is 15.0. The lowest BCUT2D eigenvalue weighted by Gasteiger charge is -2.18. The summed E-state index contributed by atoms with van der Waals surface area (Å²) in [6.07, 6.45) is 9.08. The molecule has 9 heteroatoms. The number of nitrogens with one attached hydrogen (secondary N) is 1. The number of allylic oxidation sites excluding steroid dienone is 2. The summed E-state index contributed by atoms with van der Waals surface area (Å²) in [5, 5.41) is 2.78. The van der Waals surface area contributed by atoms with E-state index in [-0.39, 0.29) is 17.0 Å². The second-order valence-electron chi connectivity index (χ2n) is 9.95. The number of carbonyl (C=O) groups is 2. The first kappa shape index (κ1) is 26.9. The zero-order chi connectivity index (χ0) is 28.4. The number of imidazole rings is 1. The van der Waals surface area contributed by atoms with Crippen molar-refractivity contribution in [2.45, 2.75) is 39.5 Å². The van der Waals surface area contributed by atoms with Gasteiger partial charge in [0.05, 0.1) is 6.20 Å². The number of nitrogens with zero attached hydrogens (tertiary/aromatic N) is 4. The summed E-state index contributed by atoms with van der Waals surface area (Å²) >= 11 is 0. The van der Waals surface area contributed by atoms with Crippen molar-refractivity contribution in [1.29, 1.82) is 0 Å². The van der Waals surface area contributed by atoms with E-state index in [9.17, 15) is 18.4 Å². The van der Waals surface area contributed by atoms with Crippen LogP contribution in [0, 0.1) is 6.92 Å². The molecule has 2 aromatic heterocycles. The van der Waals surface area contributed by atoms with E-state index >= 15 is 0 Å². The Morgan fingerprint density at radius 2 is 1.88 bits per heavy atom. The van der Waals surface area contributed by atoms with Crippen LogP contribution in [0.2, 0.25) is 0 Å². The number of amides is 2. The van der Waals surface area contributed by atoms with Crippen molar-refractivity contribution in [2.75, 3.05) is 16.8 Å². The van der Waals surface area contributed by atoms with Crippen molar-refractivity contribution in [2.24, 2.45) is 4.99 Å². The summed E-state index contributed by atoms with van der Waals surface area (Å²) in [6.45, 7) is 4.99. The summed E-state index contributed by atoms with van der Waals surface area (Å²) in [5.74, 6) is -3.73. The second-order valence-corrected chi connectivity index (χ2v) is 9.95. The number of aliphatic imine (C=N–C) groups is 1. The number of aromatic nitrogens is 2. The van der Waals surface area contributed by atoms with Gasteiger partial charge in [0, 0.05) is 60.5 Å². The molecule has 40 heavy (non-hydrogen) atoms. The number of alkyl halides is 2. The van der Waals surface area contributed by atoms with Gasteiger partial charge in [-0.2, -0.15) is 0 Å². The SMILES string of the molecule is CC1=CCC=N1.Cc1cc(C(=O)Nc2ccc3c(c2)N(C(=O)c2cnc4ccccn24)CC3)cc(C(C)(F)F)c1. The molecule has 0 aliphatic carbocycles. The van der Waals surface area contributed by atoms with Crippen LogP contribution in [0.4, 0.5) is 20.2 Å². The lowest BCUT2D eigenvalue weighted by atomic mass is 10.0. The molecule has 2 amide bonds. The molecule has 7 nitrogen and oxygen atoms in total. The van der Waals surface area contributed by atoms with Gasteiger partial charge in [-0.05, 0) is 67.8 Å². The Labute approximate surface area is 230 Å².